The Morgan fingerprint density at radius 3 is 2.44 bits per heavy atom. The van der Waals surface area contributed by atoms with E-state index in [4.69, 9.17) is 9.84 Å². The Kier molecular flexibility index (Phi) is 6.98. The van der Waals surface area contributed by atoms with Gasteiger partial charge in [-0.3, -0.25) is 4.79 Å². The fraction of sp³-hybridized carbons (Fsp3) is 0.241. The number of Topliss-reactive ketones (excluding diaryl/α,β-unsaturated/α-hetero) is 1. The molecule has 1 aliphatic rings. The molecule has 2 unspecified atom stereocenters. The molecular weight excluding hydrogens is 426 g/mol. The number of hydrogen-bond donors (Lipinski definition) is 1. The number of aromatic carboxylic acids is 1. The zero-order valence-corrected chi connectivity index (χ0v) is 19.3. The van der Waals surface area contributed by atoms with Crippen molar-refractivity contribution in [1.82, 2.24) is 0 Å². The molecule has 0 aromatic heterocycles. The molecule has 4 rings (SSSR count). The molecule has 172 valence electrons. The largest absolute Gasteiger partial charge is 0.497 e. The first-order chi connectivity index (χ1) is 16.5. The van der Waals surface area contributed by atoms with E-state index in [-0.39, 0.29) is 23.2 Å². The van der Waals surface area contributed by atoms with Gasteiger partial charge in [-0.1, -0.05) is 49.2 Å². The molecule has 0 amide bonds. The second-order valence-electron chi connectivity index (χ2n) is 8.39. The zero-order valence-electron chi connectivity index (χ0n) is 19.3. The van der Waals surface area contributed by atoms with Crippen molar-refractivity contribution in [2.75, 3.05) is 18.6 Å². The molecule has 5 heteroatoms. The van der Waals surface area contributed by atoms with Gasteiger partial charge in [0.1, 0.15) is 5.75 Å². The maximum absolute atomic E-state index is 13.2. The van der Waals surface area contributed by atoms with Crippen LogP contribution in [0.25, 0.3) is 0 Å². The highest BCUT2D eigenvalue weighted by Gasteiger charge is 2.31. The summed E-state index contributed by atoms with van der Waals surface area (Å²) in [5.74, 6) is 3.17. The van der Waals surface area contributed by atoms with Crippen molar-refractivity contribution in [3.8, 4) is 17.7 Å². The molecule has 0 radical (unpaired) electrons. The van der Waals surface area contributed by atoms with Crippen LogP contribution in [0.3, 0.4) is 0 Å². The number of para-hydroxylation sites is 1. The molecule has 0 aliphatic carbocycles. The highest BCUT2D eigenvalue weighted by Crippen LogP contribution is 2.31. The number of hydrogen-bond acceptors (Lipinski definition) is 4. The van der Waals surface area contributed by atoms with E-state index >= 15 is 0 Å². The van der Waals surface area contributed by atoms with Gasteiger partial charge in [0.25, 0.3) is 0 Å². The summed E-state index contributed by atoms with van der Waals surface area (Å²) in [6.07, 6.45) is 1.40. The molecule has 34 heavy (non-hydrogen) atoms. The quantitative estimate of drug-likeness (QED) is 0.506. The normalized spacial score (nSPS) is 15.6. The fourth-order valence-electron chi connectivity index (χ4n) is 4.28. The Hall–Kier alpha value is -4.04. The van der Waals surface area contributed by atoms with Gasteiger partial charge in [0.2, 0.25) is 0 Å². The Labute approximate surface area is 200 Å². The Morgan fingerprint density at radius 2 is 1.79 bits per heavy atom. The zero-order chi connectivity index (χ0) is 24.1. The topological polar surface area (TPSA) is 66.8 Å². The van der Waals surface area contributed by atoms with Gasteiger partial charge in [0.05, 0.1) is 18.4 Å². The SMILES string of the molecule is CCC(C#CN1CC(Cc2ccc(C(=O)O)cc2)C(=O)c2ccccc21)c1ccc(OC)cc1. The first kappa shape index (κ1) is 23.1. The molecule has 3 aromatic carbocycles. The highest BCUT2D eigenvalue weighted by atomic mass is 16.5. The van der Waals surface area contributed by atoms with E-state index in [0.717, 1.165) is 29.0 Å². The van der Waals surface area contributed by atoms with Crippen LogP contribution in [0.4, 0.5) is 5.69 Å². The minimum Gasteiger partial charge on any atom is -0.497 e. The number of benzene rings is 3. The molecule has 2 atom stereocenters. The molecule has 1 N–H and O–H groups in total. The van der Waals surface area contributed by atoms with Crippen LogP contribution >= 0.6 is 0 Å². The number of carbonyl (C=O) groups is 2. The van der Waals surface area contributed by atoms with Crippen molar-refractivity contribution in [2.45, 2.75) is 25.7 Å². The summed E-state index contributed by atoms with van der Waals surface area (Å²) in [6, 6.07) is 25.6. The lowest BCUT2D eigenvalue weighted by Gasteiger charge is -2.31. The summed E-state index contributed by atoms with van der Waals surface area (Å²) in [6.45, 7) is 2.60. The molecule has 3 aromatic rings. The van der Waals surface area contributed by atoms with Gasteiger partial charge < -0.3 is 14.7 Å². The standard InChI is InChI=1S/C29H27NO4/c1-3-21(22-12-14-25(34-2)15-13-22)16-17-30-19-24(28(31)26-6-4-5-7-27(26)30)18-20-8-10-23(11-9-20)29(32)33/h4-15,21,24H,3,18-19H2,1-2H3,(H,32,33). The number of carboxylic acids is 1. The molecule has 0 bridgehead atoms. The highest BCUT2D eigenvalue weighted by molar-refractivity contribution is 6.05. The number of rotatable bonds is 6. The molecule has 1 heterocycles. The lowest BCUT2D eigenvalue weighted by atomic mass is 9.86. The summed E-state index contributed by atoms with van der Waals surface area (Å²) >= 11 is 0. The second-order valence-corrected chi connectivity index (χ2v) is 8.39. The number of ketones is 1. The summed E-state index contributed by atoms with van der Waals surface area (Å²) < 4.78 is 5.26. The number of nitrogens with zero attached hydrogens (tertiary/aromatic N) is 1. The molecule has 5 nitrogen and oxygen atoms in total. The molecule has 1 aliphatic heterocycles. The van der Waals surface area contributed by atoms with Gasteiger partial charge in [-0.15, -0.1) is 0 Å². The number of carbonyl (C=O) groups excluding carboxylic acids is 1. The maximum Gasteiger partial charge on any atom is 0.335 e. The second kappa shape index (κ2) is 10.3. The average molecular weight is 454 g/mol. The van der Waals surface area contributed by atoms with Crippen molar-refractivity contribution in [2.24, 2.45) is 5.92 Å². The van der Waals surface area contributed by atoms with Crippen LogP contribution in [-0.2, 0) is 6.42 Å². The van der Waals surface area contributed by atoms with E-state index in [1.54, 1.807) is 31.4 Å². The van der Waals surface area contributed by atoms with E-state index in [9.17, 15) is 9.59 Å². The lowest BCUT2D eigenvalue weighted by molar-refractivity contribution is 0.0696. The molecule has 0 spiro atoms. The van der Waals surface area contributed by atoms with Crippen LogP contribution in [0.5, 0.6) is 5.75 Å². The predicted molar refractivity (Wildman–Crippen MR) is 133 cm³/mol. The van der Waals surface area contributed by atoms with E-state index in [1.807, 2.05) is 53.4 Å². The Morgan fingerprint density at radius 1 is 1.09 bits per heavy atom. The van der Waals surface area contributed by atoms with Crippen molar-refractivity contribution in [1.29, 1.82) is 0 Å². The van der Waals surface area contributed by atoms with Gasteiger partial charge >= 0.3 is 5.97 Å². The molecular formula is C29H27NO4. The van der Waals surface area contributed by atoms with E-state index in [2.05, 4.69) is 18.9 Å². The average Bonchev–Trinajstić information content (AvgIpc) is 2.87. The van der Waals surface area contributed by atoms with Crippen LogP contribution in [-0.4, -0.2) is 30.5 Å². The number of carboxylic acid groups (broad SMARTS) is 1. The fourth-order valence-corrected chi connectivity index (χ4v) is 4.28. The summed E-state index contributed by atoms with van der Waals surface area (Å²) in [5.41, 5.74) is 3.81. The van der Waals surface area contributed by atoms with Gasteiger partial charge in [-0.25, -0.2) is 4.79 Å². The Bertz CT molecular complexity index is 1240. The Balaban J connectivity index is 1.60. The summed E-state index contributed by atoms with van der Waals surface area (Å²) in [4.78, 5) is 26.4. The monoisotopic (exact) mass is 453 g/mol. The number of methoxy groups -OCH3 is 1. The smallest absolute Gasteiger partial charge is 0.335 e. The van der Waals surface area contributed by atoms with Gasteiger partial charge in [0, 0.05) is 30.0 Å². The summed E-state index contributed by atoms with van der Waals surface area (Å²) in [7, 11) is 1.65. The molecule has 0 saturated carbocycles. The lowest BCUT2D eigenvalue weighted by Crippen LogP contribution is -2.37. The van der Waals surface area contributed by atoms with Crippen LogP contribution < -0.4 is 9.64 Å². The number of fused-ring (bicyclic) bond motifs is 1. The van der Waals surface area contributed by atoms with Crippen molar-refractivity contribution in [3.05, 3.63) is 95.1 Å². The van der Waals surface area contributed by atoms with Crippen LogP contribution in [0.2, 0.25) is 0 Å². The van der Waals surface area contributed by atoms with Gasteiger partial charge in [-0.2, -0.15) is 0 Å². The summed E-state index contributed by atoms with van der Waals surface area (Å²) in [5, 5.41) is 9.13. The van der Waals surface area contributed by atoms with Crippen molar-refractivity contribution < 1.29 is 19.4 Å². The van der Waals surface area contributed by atoms with E-state index < -0.39 is 5.97 Å². The van der Waals surface area contributed by atoms with E-state index in [1.165, 1.54) is 0 Å². The van der Waals surface area contributed by atoms with Gasteiger partial charge in [-0.05, 0) is 60.4 Å². The van der Waals surface area contributed by atoms with Crippen LogP contribution in [0.1, 0.15) is 51.1 Å². The minimum atomic E-state index is -0.960. The number of anilines is 1. The van der Waals surface area contributed by atoms with Crippen LogP contribution in [0.15, 0.2) is 72.8 Å². The first-order valence-electron chi connectivity index (χ1n) is 11.4. The predicted octanol–water partition coefficient (Wildman–Crippen LogP) is 5.41. The van der Waals surface area contributed by atoms with Crippen molar-refractivity contribution in [3.63, 3.8) is 0 Å². The molecule has 0 fully saturated rings. The third-order valence-corrected chi connectivity index (χ3v) is 6.22. The van der Waals surface area contributed by atoms with E-state index in [0.29, 0.717) is 18.5 Å². The third-order valence-electron chi connectivity index (χ3n) is 6.22. The number of ether oxygens (including phenoxy) is 1. The third kappa shape index (κ3) is 4.97. The van der Waals surface area contributed by atoms with Crippen molar-refractivity contribution >= 4 is 17.4 Å². The van der Waals surface area contributed by atoms with Gasteiger partial charge in [0.15, 0.2) is 5.78 Å². The molecule has 0 saturated heterocycles. The maximum atomic E-state index is 13.2. The minimum absolute atomic E-state index is 0.0673. The van der Waals surface area contributed by atoms with Crippen LogP contribution in [0, 0.1) is 17.9 Å². The first-order valence-corrected chi connectivity index (χ1v) is 11.4.